The van der Waals surface area contributed by atoms with Crippen molar-refractivity contribution in [1.82, 2.24) is 10.3 Å². The Hall–Kier alpha value is -2.21. The number of pyridine rings is 1. The Labute approximate surface area is 148 Å². The smallest absolute Gasteiger partial charge is 0.221 e. The molecule has 1 unspecified atom stereocenters. The van der Waals surface area contributed by atoms with Crippen LogP contribution in [0.15, 0.2) is 53.6 Å². The van der Waals surface area contributed by atoms with Gasteiger partial charge in [0.2, 0.25) is 5.91 Å². The number of nitrogens with one attached hydrogen (secondary N) is 1. The zero-order valence-corrected chi connectivity index (χ0v) is 15.0. The van der Waals surface area contributed by atoms with E-state index in [1.165, 1.54) is 0 Å². The fourth-order valence-corrected chi connectivity index (χ4v) is 4.14. The molecule has 1 aromatic heterocycles. The molecule has 1 atom stereocenters. The van der Waals surface area contributed by atoms with Gasteiger partial charge in [0.05, 0.1) is 22.4 Å². The van der Waals surface area contributed by atoms with Gasteiger partial charge in [0, 0.05) is 12.6 Å². The van der Waals surface area contributed by atoms with Gasteiger partial charge in [-0.2, -0.15) is 0 Å². The van der Waals surface area contributed by atoms with E-state index < -0.39 is 9.84 Å². The number of sulfone groups is 1. The van der Waals surface area contributed by atoms with Crippen LogP contribution in [0.4, 0.5) is 0 Å². The summed E-state index contributed by atoms with van der Waals surface area (Å²) in [4.78, 5) is 17.0. The molecule has 0 radical (unpaired) electrons. The van der Waals surface area contributed by atoms with Crippen LogP contribution in [0.3, 0.4) is 0 Å². The highest BCUT2D eigenvalue weighted by atomic mass is 32.2. The first-order valence-electron chi connectivity index (χ1n) is 8.46. The summed E-state index contributed by atoms with van der Waals surface area (Å²) in [6, 6.07) is 11.9. The van der Waals surface area contributed by atoms with E-state index in [0.29, 0.717) is 5.92 Å². The van der Waals surface area contributed by atoms with Gasteiger partial charge < -0.3 is 5.32 Å². The van der Waals surface area contributed by atoms with Crippen LogP contribution in [-0.2, 0) is 14.6 Å². The molecule has 132 valence electrons. The second kappa shape index (κ2) is 7.35. The second-order valence-corrected chi connectivity index (χ2v) is 8.58. The fraction of sp³-hybridized carbons (Fsp3) is 0.368. The molecule has 0 bridgehead atoms. The fourth-order valence-electron chi connectivity index (χ4n) is 2.88. The van der Waals surface area contributed by atoms with Gasteiger partial charge >= 0.3 is 0 Å². The van der Waals surface area contributed by atoms with Crippen molar-refractivity contribution in [3.8, 4) is 0 Å². The van der Waals surface area contributed by atoms with E-state index in [4.69, 9.17) is 0 Å². The van der Waals surface area contributed by atoms with Crippen molar-refractivity contribution in [3.05, 3.63) is 59.9 Å². The second-order valence-electron chi connectivity index (χ2n) is 6.47. The predicted molar refractivity (Wildman–Crippen MR) is 95.7 cm³/mol. The van der Waals surface area contributed by atoms with E-state index >= 15 is 0 Å². The third-order valence-corrected chi connectivity index (χ3v) is 6.19. The lowest BCUT2D eigenvalue weighted by Gasteiger charge is -2.19. The van der Waals surface area contributed by atoms with Gasteiger partial charge in [0.25, 0.3) is 0 Å². The van der Waals surface area contributed by atoms with Crippen molar-refractivity contribution in [3.63, 3.8) is 0 Å². The lowest BCUT2D eigenvalue weighted by atomic mass is 10.0. The van der Waals surface area contributed by atoms with E-state index in [9.17, 15) is 13.2 Å². The maximum atomic E-state index is 12.3. The maximum absolute atomic E-state index is 12.3. The van der Waals surface area contributed by atoms with E-state index in [0.717, 1.165) is 24.1 Å². The minimum Gasteiger partial charge on any atom is -0.347 e. The third-order valence-electron chi connectivity index (χ3n) is 4.45. The standard InChI is InChI=1S/C19H22N2O3S/c1-14-6-5-12-20-18(14)19(15-9-10-15)21-17(22)11-13-25(23,24)16-7-3-2-4-8-16/h2-8,12,15,19H,9-11,13H2,1H3,(H,21,22). The summed E-state index contributed by atoms with van der Waals surface area (Å²) in [6.07, 6.45) is 3.79. The first-order valence-corrected chi connectivity index (χ1v) is 10.1. The molecule has 1 heterocycles. The van der Waals surface area contributed by atoms with E-state index in [2.05, 4.69) is 10.3 Å². The SMILES string of the molecule is Cc1cccnc1C(NC(=O)CCS(=O)(=O)c1ccccc1)C1CC1. The average molecular weight is 358 g/mol. The van der Waals surface area contributed by atoms with Gasteiger partial charge in [0.15, 0.2) is 9.84 Å². The summed E-state index contributed by atoms with van der Waals surface area (Å²) in [5, 5.41) is 2.99. The highest BCUT2D eigenvalue weighted by molar-refractivity contribution is 7.91. The number of rotatable bonds is 7. The van der Waals surface area contributed by atoms with Crippen LogP contribution in [-0.4, -0.2) is 25.1 Å². The molecule has 1 N–H and O–H groups in total. The highest BCUT2D eigenvalue weighted by Gasteiger charge is 2.35. The Kier molecular flexibility index (Phi) is 5.18. The van der Waals surface area contributed by atoms with Gasteiger partial charge in [-0.25, -0.2) is 8.42 Å². The first-order chi connectivity index (χ1) is 12.0. The highest BCUT2D eigenvalue weighted by Crippen LogP contribution is 2.41. The number of hydrogen-bond acceptors (Lipinski definition) is 4. The lowest BCUT2D eigenvalue weighted by molar-refractivity contribution is -0.121. The zero-order chi connectivity index (χ0) is 17.9. The quantitative estimate of drug-likeness (QED) is 0.826. The van der Waals surface area contributed by atoms with Crippen LogP contribution >= 0.6 is 0 Å². The Morgan fingerprint density at radius 3 is 2.56 bits per heavy atom. The van der Waals surface area contributed by atoms with Gasteiger partial charge in [0.1, 0.15) is 0 Å². The number of aromatic nitrogens is 1. The average Bonchev–Trinajstić information content (AvgIpc) is 3.44. The molecule has 1 aliphatic carbocycles. The normalized spacial score (nSPS) is 15.6. The maximum Gasteiger partial charge on any atom is 0.221 e. The zero-order valence-electron chi connectivity index (χ0n) is 14.2. The number of nitrogens with zero attached hydrogens (tertiary/aromatic N) is 1. The summed E-state index contributed by atoms with van der Waals surface area (Å²) in [5.41, 5.74) is 1.92. The van der Waals surface area contributed by atoms with Crippen LogP contribution < -0.4 is 5.32 Å². The summed E-state index contributed by atoms with van der Waals surface area (Å²) in [6.45, 7) is 1.98. The number of carbonyl (C=O) groups is 1. The van der Waals surface area contributed by atoms with Crippen LogP contribution in [0.1, 0.15) is 36.6 Å². The molecule has 0 spiro atoms. The Bertz CT molecular complexity index is 846. The molecule has 6 heteroatoms. The van der Waals surface area contributed by atoms with Gasteiger partial charge in [-0.15, -0.1) is 0 Å². The molecule has 5 nitrogen and oxygen atoms in total. The first kappa shape index (κ1) is 17.6. The largest absolute Gasteiger partial charge is 0.347 e. The van der Waals surface area contributed by atoms with Crippen molar-refractivity contribution in [2.45, 2.75) is 37.1 Å². The van der Waals surface area contributed by atoms with Crippen LogP contribution in [0.5, 0.6) is 0 Å². The van der Waals surface area contributed by atoms with Crippen LogP contribution in [0.2, 0.25) is 0 Å². The summed E-state index contributed by atoms with van der Waals surface area (Å²) < 4.78 is 24.6. The molecule has 1 saturated carbocycles. The molecular weight excluding hydrogens is 336 g/mol. The molecule has 0 saturated heterocycles. The van der Waals surface area contributed by atoms with Crippen molar-refractivity contribution < 1.29 is 13.2 Å². The molecule has 2 aromatic rings. The van der Waals surface area contributed by atoms with E-state index in [-0.39, 0.29) is 29.0 Å². The number of benzene rings is 1. The van der Waals surface area contributed by atoms with Crippen molar-refractivity contribution in [1.29, 1.82) is 0 Å². The molecule has 1 aliphatic rings. The third kappa shape index (κ3) is 4.45. The van der Waals surface area contributed by atoms with Gasteiger partial charge in [-0.3, -0.25) is 9.78 Å². The summed E-state index contributed by atoms with van der Waals surface area (Å²) in [7, 11) is -3.45. The molecule has 25 heavy (non-hydrogen) atoms. The topological polar surface area (TPSA) is 76.1 Å². The molecular formula is C19H22N2O3S. The molecule has 0 aliphatic heterocycles. The number of amides is 1. The van der Waals surface area contributed by atoms with Gasteiger partial charge in [-0.05, 0) is 49.4 Å². The monoisotopic (exact) mass is 358 g/mol. The minimum absolute atomic E-state index is 0.0493. The molecule has 1 aromatic carbocycles. The number of hydrogen-bond donors (Lipinski definition) is 1. The molecule has 1 amide bonds. The number of aryl methyl sites for hydroxylation is 1. The number of carbonyl (C=O) groups excluding carboxylic acids is 1. The summed E-state index contributed by atoms with van der Waals surface area (Å²) >= 11 is 0. The van der Waals surface area contributed by atoms with Crippen LogP contribution in [0.25, 0.3) is 0 Å². The Morgan fingerprint density at radius 2 is 1.92 bits per heavy atom. The molecule has 3 rings (SSSR count). The molecule has 1 fully saturated rings. The van der Waals surface area contributed by atoms with Crippen molar-refractivity contribution in [2.24, 2.45) is 5.92 Å². The van der Waals surface area contributed by atoms with E-state index in [1.54, 1.807) is 36.5 Å². The lowest BCUT2D eigenvalue weighted by Crippen LogP contribution is -2.32. The Balaban J connectivity index is 1.64. The van der Waals surface area contributed by atoms with Crippen molar-refractivity contribution >= 4 is 15.7 Å². The minimum atomic E-state index is -3.45. The van der Waals surface area contributed by atoms with Crippen molar-refractivity contribution in [2.75, 3.05) is 5.75 Å². The Morgan fingerprint density at radius 1 is 1.20 bits per heavy atom. The summed E-state index contributed by atoms with van der Waals surface area (Å²) in [5.74, 6) is -0.0497. The van der Waals surface area contributed by atoms with E-state index in [1.807, 2.05) is 19.1 Å². The predicted octanol–water partition coefficient (Wildman–Crippen LogP) is 2.82. The van der Waals surface area contributed by atoms with Crippen LogP contribution in [0, 0.1) is 12.8 Å². The van der Waals surface area contributed by atoms with Gasteiger partial charge in [-0.1, -0.05) is 24.3 Å².